The van der Waals surface area contributed by atoms with Crippen LogP contribution < -0.4 is 4.87 Å². The number of alkyl halides is 3. The molecule has 0 aliphatic carbocycles. The zero-order valence-electron chi connectivity index (χ0n) is 10.8. The Morgan fingerprint density at radius 1 is 1.55 bits per heavy atom. The number of amides is 1. The van der Waals surface area contributed by atoms with E-state index in [9.17, 15) is 22.8 Å². The van der Waals surface area contributed by atoms with Crippen LogP contribution in [0, 0.1) is 0 Å². The number of halogens is 3. The summed E-state index contributed by atoms with van der Waals surface area (Å²) in [5.74, 6) is -0.631. The monoisotopic (exact) mass is 310 g/mol. The molecule has 1 aromatic rings. The topological polar surface area (TPSA) is 62.4 Å². The van der Waals surface area contributed by atoms with Crippen LogP contribution >= 0.6 is 11.3 Å². The Hall–Kier alpha value is -1.35. The summed E-state index contributed by atoms with van der Waals surface area (Å²) in [5, 5.41) is 1.30. The minimum Gasteiger partial charge on any atom is -0.359 e. The molecular weight excluding hydrogens is 297 g/mol. The molecule has 1 aliphatic rings. The van der Waals surface area contributed by atoms with Gasteiger partial charge in [-0.1, -0.05) is 11.3 Å². The van der Waals surface area contributed by atoms with Crippen LogP contribution in [0.25, 0.3) is 0 Å². The lowest BCUT2D eigenvalue weighted by atomic mass is 10.0. The number of aromatic amines is 1. The average Bonchev–Trinajstić information content (AvgIpc) is 2.71. The lowest BCUT2D eigenvalue weighted by Gasteiger charge is -2.43. The molecule has 1 atom stereocenters. The van der Waals surface area contributed by atoms with E-state index in [4.69, 9.17) is 4.74 Å². The molecule has 0 bridgehead atoms. The molecule has 1 fully saturated rings. The van der Waals surface area contributed by atoms with E-state index in [0.717, 1.165) is 16.2 Å². The summed E-state index contributed by atoms with van der Waals surface area (Å²) in [5.41, 5.74) is -1.11. The Labute approximate surface area is 116 Å². The molecule has 112 valence electrons. The average molecular weight is 310 g/mol. The molecule has 9 heteroatoms. The van der Waals surface area contributed by atoms with Gasteiger partial charge in [0.25, 0.3) is 5.91 Å². The first kappa shape index (κ1) is 15.0. The van der Waals surface area contributed by atoms with Crippen molar-refractivity contribution in [3.05, 3.63) is 20.7 Å². The number of rotatable bonds is 1. The van der Waals surface area contributed by atoms with E-state index in [1.54, 1.807) is 0 Å². The maximum absolute atomic E-state index is 12.8. The number of carbonyl (C=O) groups excluding carboxylic acids is 1. The van der Waals surface area contributed by atoms with Crippen molar-refractivity contribution in [3.63, 3.8) is 0 Å². The number of hydrogen-bond acceptors (Lipinski definition) is 4. The molecule has 0 aromatic carbocycles. The van der Waals surface area contributed by atoms with Crippen LogP contribution in [0.1, 0.15) is 24.3 Å². The molecule has 20 heavy (non-hydrogen) atoms. The first-order valence-electron chi connectivity index (χ1n) is 5.80. The number of carbonyl (C=O) groups is 1. The highest BCUT2D eigenvalue weighted by Crippen LogP contribution is 2.32. The second-order valence-corrected chi connectivity index (χ2v) is 6.00. The fourth-order valence-electron chi connectivity index (χ4n) is 2.06. The minimum atomic E-state index is -4.54. The zero-order chi connectivity index (χ0) is 15.1. The van der Waals surface area contributed by atoms with Gasteiger partial charge in [0, 0.05) is 11.9 Å². The second-order valence-electron chi connectivity index (χ2n) is 5.16. The Morgan fingerprint density at radius 2 is 2.20 bits per heavy atom. The summed E-state index contributed by atoms with van der Waals surface area (Å²) in [6, 6.07) is 0. The number of hydrogen-bond donors (Lipinski definition) is 1. The molecular formula is C11H13F3N2O3S. The molecule has 5 nitrogen and oxygen atoms in total. The van der Waals surface area contributed by atoms with Gasteiger partial charge in [0.05, 0.1) is 12.1 Å². The van der Waals surface area contributed by atoms with Gasteiger partial charge in [-0.05, 0) is 13.8 Å². The largest absolute Gasteiger partial charge is 0.416 e. The molecule has 1 aliphatic heterocycles. The van der Waals surface area contributed by atoms with E-state index >= 15 is 0 Å². The van der Waals surface area contributed by atoms with Crippen molar-refractivity contribution in [2.75, 3.05) is 13.1 Å². The Morgan fingerprint density at radius 3 is 2.70 bits per heavy atom. The van der Waals surface area contributed by atoms with Crippen LogP contribution in [0.4, 0.5) is 13.2 Å². The summed E-state index contributed by atoms with van der Waals surface area (Å²) in [6.45, 7) is 2.42. The number of thiazole rings is 1. The number of nitrogens with one attached hydrogen (secondary N) is 1. The van der Waals surface area contributed by atoms with Crippen LogP contribution in [0.3, 0.4) is 0 Å². The molecule has 0 radical (unpaired) electrons. The summed E-state index contributed by atoms with van der Waals surface area (Å²) in [4.78, 5) is 26.1. The third kappa shape index (κ3) is 3.21. The number of morpholine rings is 1. The van der Waals surface area contributed by atoms with Gasteiger partial charge in [-0.2, -0.15) is 13.2 Å². The van der Waals surface area contributed by atoms with Crippen molar-refractivity contribution >= 4 is 17.2 Å². The number of H-pyrrole nitrogens is 1. The number of ether oxygens (including phenoxy) is 1. The van der Waals surface area contributed by atoms with Gasteiger partial charge in [-0.15, -0.1) is 0 Å². The molecule has 1 N–H and O–H groups in total. The maximum Gasteiger partial charge on any atom is 0.416 e. The fraction of sp³-hybridized carbons (Fsp3) is 0.636. The van der Waals surface area contributed by atoms with Gasteiger partial charge < -0.3 is 14.6 Å². The quantitative estimate of drug-likeness (QED) is 0.857. The first-order chi connectivity index (χ1) is 9.08. The van der Waals surface area contributed by atoms with Gasteiger partial charge in [-0.3, -0.25) is 9.59 Å². The van der Waals surface area contributed by atoms with Crippen LogP contribution in [0.5, 0.6) is 0 Å². The predicted octanol–water partition coefficient (Wildman–Crippen LogP) is 1.62. The minimum absolute atomic E-state index is 0.00127. The summed E-state index contributed by atoms with van der Waals surface area (Å²) in [6.07, 6.45) is -6.57. The Balaban J connectivity index is 2.23. The molecule has 2 rings (SSSR count). The van der Waals surface area contributed by atoms with E-state index < -0.39 is 35.2 Å². The zero-order valence-corrected chi connectivity index (χ0v) is 11.6. The highest BCUT2D eigenvalue weighted by atomic mass is 32.1. The van der Waals surface area contributed by atoms with Gasteiger partial charge >= 0.3 is 11.0 Å². The van der Waals surface area contributed by atoms with Crippen molar-refractivity contribution in [2.24, 2.45) is 0 Å². The molecule has 1 amide bonds. The van der Waals surface area contributed by atoms with Gasteiger partial charge in [0.1, 0.15) is 5.69 Å². The van der Waals surface area contributed by atoms with E-state index in [1.807, 2.05) is 0 Å². The highest BCUT2D eigenvalue weighted by Gasteiger charge is 2.49. The van der Waals surface area contributed by atoms with Gasteiger partial charge in [0.15, 0.2) is 6.10 Å². The van der Waals surface area contributed by atoms with Crippen molar-refractivity contribution in [1.82, 2.24) is 9.88 Å². The molecule has 0 saturated carbocycles. The summed E-state index contributed by atoms with van der Waals surface area (Å²) >= 11 is 0.791. The van der Waals surface area contributed by atoms with Crippen molar-refractivity contribution < 1.29 is 22.7 Å². The van der Waals surface area contributed by atoms with Crippen molar-refractivity contribution in [1.29, 1.82) is 0 Å². The van der Waals surface area contributed by atoms with E-state index in [2.05, 4.69) is 4.98 Å². The smallest absolute Gasteiger partial charge is 0.359 e. The molecule has 1 unspecified atom stereocenters. The standard InChI is InChI=1S/C11H13F3N2O3S/c1-10(2)5-16(3-7(19-10)11(12,13)14)8(17)6-4-20-9(18)15-6/h4,7H,3,5H2,1-2H3,(H,15,18). The third-order valence-corrected chi connectivity index (χ3v) is 3.49. The lowest BCUT2D eigenvalue weighted by molar-refractivity contribution is -0.267. The van der Waals surface area contributed by atoms with Crippen LogP contribution in [-0.4, -0.2) is 46.8 Å². The molecule has 0 spiro atoms. The molecule has 1 saturated heterocycles. The van der Waals surface area contributed by atoms with E-state index in [0.29, 0.717) is 0 Å². The van der Waals surface area contributed by atoms with Crippen molar-refractivity contribution in [2.45, 2.75) is 31.7 Å². The summed E-state index contributed by atoms with van der Waals surface area (Å²) in [7, 11) is 0. The molecule has 1 aromatic heterocycles. The Bertz CT molecular complexity index is 564. The second kappa shape index (κ2) is 4.88. The first-order valence-corrected chi connectivity index (χ1v) is 6.68. The van der Waals surface area contributed by atoms with Crippen LogP contribution in [0.2, 0.25) is 0 Å². The summed E-state index contributed by atoms with van der Waals surface area (Å²) < 4.78 is 43.4. The third-order valence-electron chi connectivity index (χ3n) is 2.82. The van der Waals surface area contributed by atoms with Crippen LogP contribution in [0.15, 0.2) is 10.2 Å². The highest BCUT2D eigenvalue weighted by molar-refractivity contribution is 7.07. The number of aromatic nitrogens is 1. The van der Waals surface area contributed by atoms with Crippen LogP contribution in [-0.2, 0) is 4.74 Å². The van der Waals surface area contributed by atoms with E-state index in [1.165, 1.54) is 19.2 Å². The normalized spacial score (nSPS) is 22.9. The van der Waals surface area contributed by atoms with E-state index in [-0.39, 0.29) is 12.2 Å². The predicted molar refractivity (Wildman–Crippen MR) is 65.9 cm³/mol. The van der Waals surface area contributed by atoms with Gasteiger partial charge in [0.2, 0.25) is 0 Å². The lowest BCUT2D eigenvalue weighted by Crippen LogP contribution is -2.58. The molecule has 2 heterocycles. The number of nitrogens with zero attached hydrogens (tertiary/aromatic N) is 1. The Kier molecular flexibility index (Phi) is 3.67. The SMILES string of the molecule is CC1(C)CN(C(=O)c2csc(=O)[nH]2)CC(C(F)(F)F)O1. The van der Waals surface area contributed by atoms with Crippen molar-refractivity contribution in [3.8, 4) is 0 Å². The van der Waals surface area contributed by atoms with Gasteiger partial charge in [-0.25, -0.2) is 0 Å². The fourth-order valence-corrected chi connectivity index (χ4v) is 2.62. The maximum atomic E-state index is 12.8.